The maximum absolute atomic E-state index is 12.5. The molecular weight excluding hydrogens is 428 g/mol. The Kier molecular flexibility index (Phi) is 8.64. The zero-order valence-corrected chi connectivity index (χ0v) is 19.0. The molecule has 0 unspecified atom stereocenters. The van der Waals surface area contributed by atoms with Crippen LogP contribution in [0.3, 0.4) is 0 Å². The Labute approximate surface area is 193 Å². The molecule has 7 nitrogen and oxygen atoms in total. The van der Waals surface area contributed by atoms with Crippen molar-refractivity contribution in [2.24, 2.45) is 0 Å². The van der Waals surface area contributed by atoms with Crippen LogP contribution >= 0.6 is 11.6 Å². The molecule has 1 aliphatic rings. The average Bonchev–Trinajstić information content (AvgIpc) is 2.80. The standard InChI is InChI=1S/C24H29ClN4O3/c1-2-18-5-3-4-6-21(18)27-22(30)17-28-13-15-29(16-14-28)23(31)11-12-26-24(32)19-7-9-20(25)10-8-19/h3-10H,2,11-17H2,1H3,(H,26,32)(H,27,30). The van der Waals surface area contributed by atoms with Crippen molar-refractivity contribution in [2.75, 3.05) is 44.6 Å². The van der Waals surface area contributed by atoms with Crippen LogP contribution in [0.15, 0.2) is 48.5 Å². The van der Waals surface area contributed by atoms with Crippen LogP contribution in [0.4, 0.5) is 5.69 Å². The van der Waals surface area contributed by atoms with Gasteiger partial charge in [-0.3, -0.25) is 19.3 Å². The summed E-state index contributed by atoms with van der Waals surface area (Å²) in [6, 6.07) is 14.4. The maximum Gasteiger partial charge on any atom is 0.251 e. The van der Waals surface area contributed by atoms with Crippen LogP contribution in [0, 0.1) is 0 Å². The molecule has 3 amide bonds. The lowest BCUT2D eigenvalue weighted by molar-refractivity contribution is -0.132. The minimum atomic E-state index is -0.227. The predicted molar refractivity (Wildman–Crippen MR) is 126 cm³/mol. The molecule has 1 fully saturated rings. The summed E-state index contributed by atoms with van der Waals surface area (Å²) in [7, 11) is 0. The summed E-state index contributed by atoms with van der Waals surface area (Å²) in [6.07, 6.45) is 1.10. The lowest BCUT2D eigenvalue weighted by Crippen LogP contribution is -2.50. The molecule has 3 rings (SSSR count). The highest BCUT2D eigenvalue weighted by molar-refractivity contribution is 6.30. The third-order valence-corrected chi connectivity index (χ3v) is 5.75. The molecule has 0 saturated carbocycles. The number of anilines is 1. The Morgan fingerprint density at radius 1 is 0.969 bits per heavy atom. The summed E-state index contributed by atoms with van der Waals surface area (Å²) in [6.45, 7) is 5.07. The van der Waals surface area contributed by atoms with Crippen molar-refractivity contribution in [2.45, 2.75) is 19.8 Å². The molecule has 8 heteroatoms. The summed E-state index contributed by atoms with van der Waals surface area (Å²) >= 11 is 5.83. The van der Waals surface area contributed by atoms with E-state index in [0.29, 0.717) is 43.3 Å². The van der Waals surface area contributed by atoms with Gasteiger partial charge in [0, 0.05) is 55.4 Å². The first-order valence-corrected chi connectivity index (χ1v) is 11.3. The largest absolute Gasteiger partial charge is 0.352 e. The second kappa shape index (κ2) is 11.6. The van der Waals surface area contributed by atoms with Gasteiger partial charge in [-0.15, -0.1) is 0 Å². The molecule has 0 spiro atoms. The fraction of sp³-hybridized carbons (Fsp3) is 0.375. The lowest BCUT2D eigenvalue weighted by atomic mass is 10.1. The van der Waals surface area contributed by atoms with E-state index < -0.39 is 0 Å². The molecule has 1 aliphatic heterocycles. The number of carbonyl (C=O) groups is 3. The number of benzene rings is 2. The summed E-state index contributed by atoms with van der Waals surface area (Å²) in [5.41, 5.74) is 2.48. The van der Waals surface area contributed by atoms with Crippen LogP contribution in [-0.4, -0.2) is 66.8 Å². The van der Waals surface area contributed by atoms with Gasteiger partial charge >= 0.3 is 0 Å². The number of amides is 3. The number of hydrogen-bond acceptors (Lipinski definition) is 4. The van der Waals surface area contributed by atoms with Gasteiger partial charge < -0.3 is 15.5 Å². The van der Waals surface area contributed by atoms with E-state index >= 15 is 0 Å². The first kappa shape index (κ1) is 23.8. The van der Waals surface area contributed by atoms with Crippen molar-refractivity contribution in [3.63, 3.8) is 0 Å². The fourth-order valence-corrected chi connectivity index (χ4v) is 3.77. The van der Waals surface area contributed by atoms with E-state index in [9.17, 15) is 14.4 Å². The van der Waals surface area contributed by atoms with Crippen molar-refractivity contribution >= 4 is 35.0 Å². The topological polar surface area (TPSA) is 81.8 Å². The second-order valence-electron chi connectivity index (χ2n) is 7.73. The van der Waals surface area contributed by atoms with Crippen molar-refractivity contribution in [1.29, 1.82) is 0 Å². The first-order valence-electron chi connectivity index (χ1n) is 10.9. The Hall–Kier alpha value is -2.90. The zero-order valence-electron chi connectivity index (χ0n) is 18.3. The summed E-state index contributed by atoms with van der Waals surface area (Å²) in [5, 5.41) is 6.32. The number of rotatable bonds is 8. The van der Waals surface area contributed by atoms with Gasteiger partial charge in [-0.1, -0.05) is 36.7 Å². The number of para-hydroxylation sites is 1. The Balaban J connectivity index is 1.36. The number of aryl methyl sites for hydroxylation is 1. The molecule has 1 saturated heterocycles. The van der Waals surface area contributed by atoms with Crippen molar-refractivity contribution in [3.8, 4) is 0 Å². The van der Waals surface area contributed by atoms with Crippen molar-refractivity contribution < 1.29 is 14.4 Å². The van der Waals surface area contributed by atoms with Gasteiger partial charge in [-0.05, 0) is 42.3 Å². The van der Waals surface area contributed by atoms with Crippen LogP contribution in [0.2, 0.25) is 5.02 Å². The zero-order chi connectivity index (χ0) is 22.9. The van der Waals surface area contributed by atoms with Crippen LogP contribution < -0.4 is 10.6 Å². The molecule has 1 heterocycles. The number of piperazine rings is 1. The van der Waals surface area contributed by atoms with E-state index in [1.165, 1.54) is 0 Å². The highest BCUT2D eigenvalue weighted by Gasteiger charge is 2.22. The van der Waals surface area contributed by atoms with Crippen LogP contribution in [0.1, 0.15) is 29.3 Å². The molecule has 2 aromatic carbocycles. The molecule has 2 N–H and O–H groups in total. The van der Waals surface area contributed by atoms with E-state index in [2.05, 4.69) is 22.5 Å². The number of nitrogens with one attached hydrogen (secondary N) is 2. The van der Waals surface area contributed by atoms with Gasteiger partial charge in [0.15, 0.2) is 0 Å². The highest BCUT2D eigenvalue weighted by Crippen LogP contribution is 2.15. The Morgan fingerprint density at radius 3 is 2.34 bits per heavy atom. The molecule has 0 atom stereocenters. The van der Waals surface area contributed by atoms with Crippen LogP contribution in [0.25, 0.3) is 0 Å². The second-order valence-corrected chi connectivity index (χ2v) is 8.17. The lowest BCUT2D eigenvalue weighted by Gasteiger charge is -2.34. The third kappa shape index (κ3) is 6.80. The minimum Gasteiger partial charge on any atom is -0.352 e. The summed E-state index contributed by atoms with van der Waals surface area (Å²) in [4.78, 5) is 40.8. The molecule has 170 valence electrons. The van der Waals surface area contributed by atoms with Gasteiger partial charge in [0.25, 0.3) is 5.91 Å². The molecule has 32 heavy (non-hydrogen) atoms. The highest BCUT2D eigenvalue weighted by atomic mass is 35.5. The van der Waals surface area contributed by atoms with E-state index in [1.807, 2.05) is 24.3 Å². The predicted octanol–water partition coefficient (Wildman–Crippen LogP) is 2.81. The SMILES string of the molecule is CCc1ccccc1NC(=O)CN1CCN(C(=O)CCNC(=O)c2ccc(Cl)cc2)CC1. The number of hydrogen-bond donors (Lipinski definition) is 2. The quantitative estimate of drug-likeness (QED) is 0.640. The first-order chi connectivity index (χ1) is 15.5. The number of halogens is 1. The number of nitrogens with zero attached hydrogens (tertiary/aromatic N) is 2. The number of carbonyl (C=O) groups excluding carboxylic acids is 3. The van der Waals surface area contributed by atoms with Crippen molar-refractivity contribution in [3.05, 3.63) is 64.7 Å². The van der Waals surface area contributed by atoms with Gasteiger partial charge in [0.05, 0.1) is 6.54 Å². The van der Waals surface area contributed by atoms with Crippen LogP contribution in [0.5, 0.6) is 0 Å². The Bertz CT molecular complexity index is 941. The van der Waals surface area contributed by atoms with E-state index in [0.717, 1.165) is 17.7 Å². The van der Waals surface area contributed by atoms with Gasteiger partial charge in [-0.25, -0.2) is 0 Å². The summed E-state index contributed by atoms with van der Waals surface area (Å²) < 4.78 is 0. The molecule has 0 radical (unpaired) electrons. The van der Waals surface area contributed by atoms with E-state index in [4.69, 9.17) is 11.6 Å². The van der Waals surface area contributed by atoms with Crippen molar-refractivity contribution in [1.82, 2.24) is 15.1 Å². The minimum absolute atomic E-state index is 0.00220. The molecule has 2 aromatic rings. The smallest absolute Gasteiger partial charge is 0.251 e. The normalized spacial score (nSPS) is 14.1. The summed E-state index contributed by atoms with van der Waals surface area (Å²) in [5.74, 6) is -0.270. The van der Waals surface area contributed by atoms with Gasteiger partial charge in [0.2, 0.25) is 11.8 Å². The Morgan fingerprint density at radius 2 is 1.66 bits per heavy atom. The van der Waals surface area contributed by atoms with Crippen LogP contribution in [-0.2, 0) is 16.0 Å². The molecule has 0 aromatic heterocycles. The van der Waals surface area contributed by atoms with E-state index in [1.54, 1.807) is 29.2 Å². The van der Waals surface area contributed by atoms with E-state index in [-0.39, 0.29) is 30.7 Å². The average molecular weight is 457 g/mol. The molecular formula is C24H29ClN4O3. The maximum atomic E-state index is 12.5. The van der Waals surface area contributed by atoms with Gasteiger partial charge in [-0.2, -0.15) is 0 Å². The molecule has 0 aliphatic carbocycles. The monoisotopic (exact) mass is 456 g/mol. The molecule has 0 bridgehead atoms. The van der Waals surface area contributed by atoms with Gasteiger partial charge in [0.1, 0.15) is 0 Å². The fourth-order valence-electron chi connectivity index (χ4n) is 3.64. The third-order valence-electron chi connectivity index (χ3n) is 5.50.